The third-order valence-corrected chi connectivity index (χ3v) is 3.85. The SMILES string of the molecule is COCC(O)CNCC1(SC)CC1. The molecule has 1 aliphatic rings. The van der Waals surface area contributed by atoms with Gasteiger partial charge in [-0.1, -0.05) is 0 Å². The lowest BCUT2D eigenvalue weighted by Crippen LogP contribution is -2.34. The zero-order chi connectivity index (χ0) is 9.73. The normalized spacial score (nSPS) is 21.5. The lowest BCUT2D eigenvalue weighted by Gasteiger charge is -2.15. The predicted molar refractivity (Wildman–Crippen MR) is 56.2 cm³/mol. The molecule has 1 saturated carbocycles. The van der Waals surface area contributed by atoms with E-state index in [4.69, 9.17) is 4.74 Å². The summed E-state index contributed by atoms with van der Waals surface area (Å²) in [5, 5.41) is 12.6. The lowest BCUT2D eigenvalue weighted by atomic mass is 10.3. The van der Waals surface area contributed by atoms with E-state index in [-0.39, 0.29) is 6.10 Å². The van der Waals surface area contributed by atoms with Gasteiger partial charge in [-0.2, -0.15) is 11.8 Å². The monoisotopic (exact) mass is 205 g/mol. The molecule has 0 aromatic heterocycles. The summed E-state index contributed by atoms with van der Waals surface area (Å²) in [4.78, 5) is 0. The third kappa shape index (κ3) is 3.85. The maximum atomic E-state index is 9.34. The molecule has 1 unspecified atom stereocenters. The van der Waals surface area contributed by atoms with Gasteiger partial charge in [-0.25, -0.2) is 0 Å². The Morgan fingerprint density at radius 1 is 1.62 bits per heavy atom. The maximum absolute atomic E-state index is 9.34. The molecule has 1 aliphatic carbocycles. The van der Waals surface area contributed by atoms with Crippen LogP contribution in [0.1, 0.15) is 12.8 Å². The quantitative estimate of drug-likeness (QED) is 0.634. The average molecular weight is 205 g/mol. The van der Waals surface area contributed by atoms with Crippen molar-refractivity contribution in [1.29, 1.82) is 0 Å². The first-order valence-corrected chi connectivity index (χ1v) is 5.88. The molecular weight excluding hydrogens is 186 g/mol. The van der Waals surface area contributed by atoms with Gasteiger partial charge < -0.3 is 15.2 Å². The van der Waals surface area contributed by atoms with Gasteiger partial charge in [0.2, 0.25) is 0 Å². The molecule has 1 fully saturated rings. The number of nitrogens with one attached hydrogen (secondary N) is 1. The maximum Gasteiger partial charge on any atom is 0.0897 e. The Bertz CT molecular complexity index is 151. The molecule has 13 heavy (non-hydrogen) atoms. The van der Waals surface area contributed by atoms with E-state index < -0.39 is 0 Å². The van der Waals surface area contributed by atoms with E-state index in [1.165, 1.54) is 12.8 Å². The lowest BCUT2D eigenvalue weighted by molar-refractivity contribution is 0.0647. The summed E-state index contributed by atoms with van der Waals surface area (Å²) in [6.07, 6.45) is 4.39. The highest BCUT2D eigenvalue weighted by molar-refractivity contribution is 8.00. The van der Waals surface area contributed by atoms with Crippen LogP contribution in [-0.4, -0.2) is 49.0 Å². The Morgan fingerprint density at radius 2 is 2.31 bits per heavy atom. The van der Waals surface area contributed by atoms with Crippen molar-refractivity contribution in [2.75, 3.05) is 33.1 Å². The molecule has 1 rings (SSSR count). The zero-order valence-electron chi connectivity index (χ0n) is 8.38. The van der Waals surface area contributed by atoms with Gasteiger partial charge in [0, 0.05) is 24.9 Å². The third-order valence-electron chi connectivity index (χ3n) is 2.43. The first-order valence-electron chi connectivity index (χ1n) is 4.65. The highest BCUT2D eigenvalue weighted by Gasteiger charge is 2.41. The van der Waals surface area contributed by atoms with Crippen molar-refractivity contribution in [2.45, 2.75) is 23.7 Å². The highest BCUT2D eigenvalue weighted by atomic mass is 32.2. The van der Waals surface area contributed by atoms with Crippen molar-refractivity contribution in [1.82, 2.24) is 5.32 Å². The summed E-state index contributed by atoms with van der Waals surface area (Å²) >= 11 is 1.93. The number of thioether (sulfide) groups is 1. The molecule has 78 valence electrons. The molecule has 0 heterocycles. The molecule has 0 spiro atoms. The average Bonchev–Trinajstić information content (AvgIpc) is 2.86. The molecule has 0 bridgehead atoms. The van der Waals surface area contributed by atoms with Crippen molar-refractivity contribution in [3.05, 3.63) is 0 Å². The Hall–Kier alpha value is 0.230. The highest BCUT2D eigenvalue weighted by Crippen LogP contribution is 2.46. The second kappa shape index (κ2) is 5.20. The van der Waals surface area contributed by atoms with Gasteiger partial charge in [-0.15, -0.1) is 0 Å². The molecule has 1 atom stereocenters. The van der Waals surface area contributed by atoms with E-state index in [0.29, 0.717) is 17.9 Å². The summed E-state index contributed by atoms with van der Waals surface area (Å²) in [6, 6.07) is 0. The number of ether oxygens (including phenoxy) is 1. The van der Waals surface area contributed by atoms with Gasteiger partial charge in [0.25, 0.3) is 0 Å². The number of aliphatic hydroxyl groups excluding tert-OH is 1. The molecule has 3 nitrogen and oxygen atoms in total. The molecule has 0 radical (unpaired) electrons. The van der Waals surface area contributed by atoms with Crippen LogP contribution in [0.25, 0.3) is 0 Å². The summed E-state index contributed by atoms with van der Waals surface area (Å²) in [7, 11) is 1.60. The topological polar surface area (TPSA) is 41.5 Å². The summed E-state index contributed by atoms with van der Waals surface area (Å²) in [5.41, 5.74) is 0. The van der Waals surface area contributed by atoms with E-state index in [1.54, 1.807) is 7.11 Å². The van der Waals surface area contributed by atoms with Crippen LogP contribution in [0.15, 0.2) is 0 Å². The van der Waals surface area contributed by atoms with E-state index in [2.05, 4.69) is 11.6 Å². The fourth-order valence-electron chi connectivity index (χ4n) is 1.31. The largest absolute Gasteiger partial charge is 0.389 e. The van der Waals surface area contributed by atoms with E-state index in [1.807, 2.05) is 11.8 Å². The van der Waals surface area contributed by atoms with Crippen molar-refractivity contribution in [2.24, 2.45) is 0 Å². The number of rotatable bonds is 7. The van der Waals surface area contributed by atoms with Gasteiger partial charge in [0.1, 0.15) is 0 Å². The fraction of sp³-hybridized carbons (Fsp3) is 1.00. The Balaban J connectivity index is 2.00. The van der Waals surface area contributed by atoms with E-state index in [9.17, 15) is 5.11 Å². The van der Waals surface area contributed by atoms with E-state index >= 15 is 0 Å². The Morgan fingerprint density at radius 3 is 2.77 bits per heavy atom. The summed E-state index contributed by atoms with van der Waals surface area (Å²) < 4.78 is 5.31. The van der Waals surface area contributed by atoms with Crippen LogP contribution in [0.4, 0.5) is 0 Å². The van der Waals surface area contributed by atoms with Crippen LogP contribution in [-0.2, 0) is 4.74 Å². The Kier molecular flexibility index (Phi) is 4.52. The van der Waals surface area contributed by atoms with Gasteiger partial charge in [0.05, 0.1) is 12.7 Å². The van der Waals surface area contributed by atoms with E-state index in [0.717, 1.165) is 6.54 Å². The number of hydrogen-bond acceptors (Lipinski definition) is 4. The van der Waals surface area contributed by atoms with Crippen molar-refractivity contribution < 1.29 is 9.84 Å². The predicted octanol–water partition coefficient (Wildman–Crippen LogP) is 0.479. The smallest absolute Gasteiger partial charge is 0.0897 e. The molecule has 2 N–H and O–H groups in total. The minimum atomic E-state index is -0.373. The second-order valence-corrected chi connectivity index (χ2v) is 4.90. The molecule has 0 amide bonds. The minimum absolute atomic E-state index is 0.373. The Labute approximate surface area is 84.2 Å². The van der Waals surface area contributed by atoms with Gasteiger partial charge in [-0.3, -0.25) is 0 Å². The number of aliphatic hydroxyl groups is 1. The first kappa shape index (κ1) is 11.3. The minimum Gasteiger partial charge on any atom is -0.389 e. The molecule has 0 saturated heterocycles. The van der Waals surface area contributed by atoms with Crippen LogP contribution < -0.4 is 5.32 Å². The van der Waals surface area contributed by atoms with Gasteiger partial charge in [-0.05, 0) is 19.1 Å². The zero-order valence-corrected chi connectivity index (χ0v) is 9.19. The van der Waals surface area contributed by atoms with Crippen molar-refractivity contribution >= 4 is 11.8 Å². The fourth-order valence-corrected chi connectivity index (χ4v) is 2.07. The molecule has 0 aliphatic heterocycles. The summed E-state index contributed by atoms with van der Waals surface area (Å²) in [6.45, 7) is 2.06. The van der Waals surface area contributed by atoms with Gasteiger partial charge in [0.15, 0.2) is 0 Å². The van der Waals surface area contributed by atoms with Crippen molar-refractivity contribution in [3.63, 3.8) is 0 Å². The first-order chi connectivity index (χ1) is 6.22. The molecule has 0 aromatic carbocycles. The molecular formula is C9H19NO2S. The van der Waals surface area contributed by atoms with Gasteiger partial charge >= 0.3 is 0 Å². The number of hydrogen-bond donors (Lipinski definition) is 2. The second-order valence-electron chi connectivity index (χ2n) is 3.63. The number of methoxy groups -OCH3 is 1. The van der Waals surface area contributed by atoms with Crippen LogP contribution in [0.2, 0.25) is 0 Å². The van der Waals surface area contributed by atoms with Crippen molar-refractivity contribution in [3.8, 4) is 0 Å². The molecule has 0 aromatic rings. The van der Waals surface area contributed by atoms with Crippen LogP contribution >= 0.6 is 11.8 Å². The van der Waals surface area contributed by atoms with Crippen LogP contribution in [0.3, 0.4) is 0 Å². The van der Waals surface area contributed by atoms with Crippen LogP contribution in [0.5, 0.6) is 0 Å². The summed E-state index contributed by atoms with van der Waals surface area (Å²) in [5.74, 6) is 0. The molecule has 4 heteroatoms. The standard InChI is InChI=1S/C9H19NO2S/c1-12-6-8(11)5-10-7-9(13-2)3-4-9/h8,10-11H,3-7H2,1-2H3. The van der Waals surface area contributed by atoms with Crippen LogP contribution in [0, 0.1) is 0 Å².